The van der Waals surface area contributed by atoms with Crippen LogP contribution in [-0.4, -0.2) is 88.3 Å². The van der Waals surface area contributed by atoms with Crippen LogP contribution in [0, 0.1) is 6.92 Å². The van der Waals surface area contributed by atoms with Crippen molar-refractivity contribution in [3.63, 3.8) is 0 Å². The molecule has 1 amide bonds. The summed E-state index contributed by atoms with van der Waals surface area (Å²) in [6.07, 6.45) is 7.39. The lowest BCUT2D eigenvalue weighted by atomic mass is 10.1. The van der Waals surface area contributed by atoms with Gasteiger partial charge in [-0.2, -0.15) is 5.10 Å². The summed E-state index contributed by atoms with van der Waals surface area (Å²) in [5, 5.41) is 7.24. The first-order chi connectivity index (χ1) is 18.1. The Balaban J connectivity index is 1.38. The Morgan fingerprint density at radius 1 is 0.838 bits per heavy atom. The number of benzene rings is 1. The number of hydrogen-bond donors (Lipinski definition) is 1. The molecule has 1 aromatic heterocycles. The van der Waals surface area contributed by atoms with Gasteiger partial charge in [-0.25, -0.2) is 0 Å². The maximum absolute atomic E-state index is 12.3. The minimum Gasteiger partial charge on any atom is -0.379 e. The molecule has 37 heavy (non-hydrogen) atoms. The van der Waals surface area contributed by atoms with Crippen LogP contribution in [0.3, 0.4) is 0 Å². The normalized spacial score (nSPS) is 12.1. The Labute approximate surface area is 221 Å². The van der Waals surface area contributed by atoms with Crippen molar-refractivity contribution in [3.8, 4) is 0 Å². The molecule has 1 N–H and O–H groups in total. The van der Waals surface area contributed by atoms with E-state index >= 15 is 0 Å². The number of hydrogen-bond acceptors (Lipinski definition) is 7. The van der Waals surface area contributed by atoms with E-state index in [4.69, 9.17) is 23.7 Å². The summed E-state index contributed by atoms with van der Waals surface area (Å²) in [5.41, 5.74) is 2.84. The van der Waals surface area contributed by atoms with Crippen LogP contribution in [0.4, 0.5) is 0 Å². The number of aromatic nitrogens is 2. The maximum atomic E-state index is 12.3. The molecular formula is C28H45N3O6. The van der Waals surface area contributed by atoms with Crippen molar-refractivity contribution in [2.45, 2.75) is 46.1 Å². The predicted molar refractivity (Wildman–Crippen MR) is 143 cm³/mol. The Bertz CT molecular complexity index is 843. The number of carbonyl (C=O) groups excluding carboxylic acids is 1. The molecule has 0 saturated heterocycles. The fraction of sp³-hybridized carbons (Fsp3) is 0.643. The van der Waals surface area contributed by atoms with Gasteiger partial charge in [0, 0.05) is 24.9 Å². The highest BCUT2D eigenvalue weighted by molar-refractivity contribution is 5.94. The minimum atomic E-state index is -0.116. The Hall–Kier alpha value is -2.30. The molecule has 0 spiro atoms. The molecule has 0 radical (unpaired) electrons. The molecule has 0 bridgehead atoms. The van der Waals surface area contributed by atoms with E-state index in [9.17, 15) is 4.79 Å². The zero-order chi connectivity index (χ0) is 26.6. The molecule has 0 aliphatic carbocycles. The Kier molecular flexibility index (Phi) is 16.5. The van der Waals surface area contributed by atoms with Gasteiger partial charge < -0.3 is 29.0 Å². The maximum Gasteiger partial charge on any atom is 0.251 e. The number of amides is 1. The van der Waals surface area contributed by atoms with Gasteiger partial charge in [0.25, 0.3) is 5.91 Å². The van der Waals surface area contributed by atoms with Gasteiger partial charge >= 0.3 is 0 Å². The van der Waals surface area contributed by atoms with Gasteiger partial charge in [0.2, 0.25) is 0 Å². The summed E-state index contributed by atoms with van der Waals surface area (Å²) in [7, 11) is 0. The molecular weight excluding hydrogens is 474 g/mol. The molecule has 0 saturated carbocycles. The van der Waals surface area contributed by atoms with Gasteiger partial charge in [0.05, 0.1) is 71.7 Å². The van der Waals surface area contributed by atoms with Gasteiger partial charge in [-0.05, 0) is 43.5 Å². The number of unbranched alkanes of at least 4 members (excludes halogenated alkanes) is 2. The predicted octanol–water partition coefficient (Wildman–Crippen LogP) is 3.80. The van der Waals surface area contributed by atoms with Crippen LogP contribution >= 0.6 is 0 Å². The number of carbonyl (C=O) groups is 1. The van der Waals surface area contributed by atoms with Crippen molar-refractivity contribution >= 4 is 5.91 Å². The molecule has 2 aromatic rings. The third-order valence-electron chi connectivity index (χ3n) is 5.69. The van der Waals surface area contributed by atoms with Crippen LogP contribution in [0.1, 0.15) is 60.6 Å². The third kappa shape index (κ3) is 13.7. The molecule has 0 aliphatic heterocycles. The highest BCUT2D eigenvalue weighted by Gasteiger charge is 2.10. The molecule has 1 atom stereocenters. The van der Waals surface area contributed by atoms with Crippen molar-refractivity contribution in [3.05, 3.63) is 53.3 Å². The second kappa shape index (κ2) is 19.8. The summed E-state index contributed by atoms with van der Waals surface area (Å²) < 4.78 is 29.3. The molecule has 208 valence electrons. The topological polar surface area (TPSA) is 93.1 Å². The third-order valence-corrected chi connectivity index (χ3v) is 5.69. The van der Waals surface area contributed by atoms with Crippen molar-refractivity contribution in [2.75, 3.05) is 72.6 Å². The SMILES string of the molecule is CCCCCOCCOCCOCCOCCOCCNC(=O)c1ccc(C(C)n2cc(C)cn2)cc1. The second-order valence-corrected chi connectivity index (χ2v) is 8.82. The molecule has 0 fully saturated rings. The lowest BCUT2D eigenvalue weighted by molar-refractivity contribution is -0.0109. The molecule has 1 heterocycles. The van der Waals surface area contributed by atoms with Crippen LogP contribution in [-0.2, 0) is 23.7 Å². The van der Waals surface area contributed by atoms with Crippen LogP contribution in [0.5, 0.6) is 0 Å². The molecule has 9 heteroatoms. The first kappa shape index (κ1) is 30.9. The van der Waals surface area contributed by atoms with Crippen LogP contribution in [0.2, 0.25) is 0 Å². The van der Waals surface area contributed by atoms with Crippen LogP contribution in [0.25, 0.3) is 0 Å². The van der Waals surface area contributed by atoms with E-state index in [1.165, 1.54) is 12.8 Å². The summed E-state index contributed by atoms with van der Waals surface area (Å²) in [6, 6.07) is 7.71. The summed E-state index contributed by atoms with van der Waals surface area (Å²) in [5.74, 6) is -0.116. The number of ether oxygens (including phenoxy) is 5. The standard InChI is InChI=1S/C28H45N3O6/c1-4-5-6-12-33-14-16-35-18-20-37-21-19-36-17-15-34-13-11-29-28(32)27-9-7-26(8-10-27)25(3)31-23-24(2)22-30-31/h7-10,22-23,25H,4-6,11-21H2,1-3H3,(H,29,32). The molecule has 2 rings (SSSR count). The number of nitrogens with zero attached hydrogens (tertiary/aromatic N) is 2. The molecule has 9 nitrogen and oxygen atoms in total. The van der Waals surface area contributed by atoms with E-state index in [1.807, 2.05) is 48.3 Å². The van der Waals surface area contributed by atoms with Gasteiger partial charge in [0.15, 0.2) is 0 Å². The highest BCUT2D eigenvalue weighted by Crippen LogP contribution is 2.18. The summed E-state index contributed by atoms with van der Waals surface area (Å²) in [6.45, 7) is 12.3. The van der Waals surface area contributed by atoms with Gasteiger partial charge in [-0.1, -0.05) is 31.9 Å². The summed E-state index contributed by atoms with van der Waals surface area (Å²) in [4.78, 5) is 12.3. The van der Waals surface area contributed by atoms with E-state index in [0.29, 0.717) is 71.6 Å². The summed E-state index contributed by atoms with van der Waals surface area (Å²) >= 11 is 0. The zero-order valence-electron chi connectivity index (χ0n) is 22.8. The van der Waals surface area contributed by atoms with Gasteiger partial charge in [-0.3, -0.25) is 9.48 Å². The lowest BCUT2D eigenvalue weighted by Gasteiger charge is -2.13. The molecule has 1 unspecified atom stereocenters. The van der Waals surface area contributed by atoms with E-state index in [2.05, 4.69) is 24.3 Å². The van der Waals surface area contributed by atoms with Crippen LogP contribution < -0.4 is 5.32 Å². The lowest BCUT2D eigenvalue weighted by Crippen LogP contribution is -2.27. The number of rotatable bonds is 22. The smallest absolute Gasteiger partial charge is 0.251 e. The van der Waals surface area contributed by atoms with Crippen LogP contribution in [0.15, 0.2) is 36.7 Å². The highest BCUT2D eigenvalue weighted by atomic mass is 16.6. The molecule has 0 aliphatic rings. The number of aryl methyl sites for hydroxylation is 1. The Morgan fingerprint density at radius 3 is 1.89 bits per heavy atom. The largest absolute Gasteiger partial charge is 0.379 e. The fourth-order valence-electron chi connectivity index (χ4n) is 3.49. The van der Waals surface area contributed by atoms with Crippen molar-refractivity contribution in [1.82, 2.24) is 15.1 Å². The first-order valence-electron chi connectivity index (χ1n) is 13.4. The average Bonchev–Trinajstić information content (AvgIpc) is 3.35. The van der Waals surface area contributed by atoms with Crippen molar-refractivity contribution in [1.29, 1.82) is 0 Å². The quantitative estimate of drug-likeness (QED) is 0.237. The van der Waals surface area contributed by atoms with E-state index in [1.54, 1.807) is 0 Å². The monoisotopic (exact) mass is 519 g/mol. The average molecular weight is 520 g/mol. The Morgan fingerprint density at radius 2 is 1.38 bits per heavy atom. The van der Waals surface area contributed by atoms with Crippen molar-refractivity contribution < 1.29 is 28.5 Å². The second-order valence-electron chi connectivity index (χ2n) is 8.82. The molecule has 1 aromatic carbocycles. The fourth-order valence-corrected chi connectivity index (χ4v) is 3.49. The van der Waals surface area contributed by atoms with Gasteiger partial charge in [0.1, 0.15) is 0 Å². The number of nitrogens with one attached hydrogen (secondary N) is 1. The zero-order valence-corrected chi connectivity index (χ0v) is 22.8. The van der Waals surface area contributed by atoms with Crippen molar-refractivity contribution in [2.24, 2.45) is 0 Å². The van der Waals surface area contributed by atoms with E-state index < -0.39 is 0 Å². The first-order valence-corrected chi connectivity index (χ1v) is 13.4. The minimum absolute atomic E-state index is 0.109. The van der Waals surface area contributed by atoms with E-state index in [0.717, 1.165) is 24.2 Å². The van der Waals surface area contributed by atoms with E-state index in [-0.39, 0.29) is 11.9 Å². The van der Waals surface area contributed by atoms with Gasteiger partial charge in [-0.15, -0.1) is 0 Å².